The molecule has 1 N–H and O–H groups in total. The standard InChI is InChI=1S/C11H16N4O5/c1-19-8-4-14(5-9(8)20-2)10(16)6-15-3-7(11(17)18)12-13-15/h3,8-9H,4-6H2,1-2H3,(H,17,18). The van der Waals surface area contributed by atoms with Gasteiger partial charge in [0.05, 0.1) is 6.20 Å². The molecule has 9 nitrogen and oxygen atoms in total. The summed E-state index contributed by atoms with van der Waals surface area (Å²) in [6.45, 7) is 0.815. The number of aromatic nitrogens is 3. The lowest BCUT2D eigenvalue weighted by Gasteiger charge is -2.15. The lowest BCUT2D eigenvalue weighted by molar-refractivity contribution is -0.131. The van der Waals surface area contributed by atoms with E-state index >= 15 is 0 Å². The topological polar surface area (TPSA) is 107 Å². The molecule has 0 bridgehead atoms. The Hall–Kier alpha value is -2.00. The van der Waals surface area contributed by atoms with Crippen molar-refractivity contribution in [3.8, 4) is 0 Å². The van der Waals surface area contributed by atoms with Gasteiger partial charge < -0.3 is 19.5 Å². The molecule has 2 rings (SSSR count). The second-order valence-electron chi connectivity index (χ2n) is 4.45. The van der Waals surface area contributed by atoms with Crippen LogP contribution in [0.4, 0.5) is 0 Å². The van der Waals surface area contributed by atoms with Gasteiger partial charge in [0, 0.05) is 27.3 Å². The SMILES string of the molecule is COC1CN(C(=O)Cn2cc(C(=O)O)nn2)CC1OC. The molecule has 1 fully saturated rings. The van der Waals surface area contributed by atoms with Crippen LogP contribution in [0.5, 0.6) is 0 Å². The van der Waals surface area contributed by atoms with Crippen molar-refractivity contribution in [2.75, 3.05) is 27.3 Å². The van der Waals surface area contributed by atoms with Crippen molar-refractivity contribution < 1.29 is 24.2 Å². The number of carboxylic acid groups (broad SMARTS) is 1. The molecule has 110 valence electrons. The first kappa shape index (κ1) is 14.4. The van der Waals surface area contributed by atoms with Crippen molar-refractivity contribution in [1.82, 2.24) is 19.9 Å². The Morgan fingerprint density at radius 3 is 2.40 bits per heavy atom. The minimum absolute atomic E-state index is 0.0624. The Morgan fingerprint density at radius 2 is 1.95 bits per heavy atom. The Balaban J connectivity index is 1.96. The summed E-state index contributed by atoms with van der Waals surface area (Å²) < 4.78 is 11.7. The van der Waals surface area contributed by atoms with E-state index < -0.39 is 5.97 Å². The summed E-state index contributed by atoms with van der Waals surface area (Å²) in [5, 5.41) is 15.8. The Labute approximate surface area is 115 Å². The first-order valence-corrected chi connectivity index (χ1v) is 6.02. The van der Waals surface area contributed by atoms with Crippen LogP contribution in [0.3, 0.4) is 0 Å². The third-order valence-electron chi connectivity index (χ3n) is 3.23. The fraction of sp³-hybridized carbons (Fsp3) is 0.636. The first-order chi connectivity index (χ1) is 9.55. The van der Waals surface area contributed by atoms with Gasteiger partial charge in [0.2, 0.25) is 5.91 Å². The maximum atomic E-state index is 12.1. The minimum Gasteiger partial charge on any atom is -0.476 e. The maximum absolute atomic E-state index is 12.1. The number of carbonyl (C=O) groups excluding carboxylic acids is 1. The Bertz CT molecular complexity index is 491. The van der Waals surface area contributed by atoms with E-state index in [-0.39, 0.29) is 30.4 Å². The average Bonchev–Trinajstić information content (AvgIpc) is 3.04. The van der Waals surface area contributed by atoms with Gasteiger partial charge in [0.25, 0.3) is 0 Å². The predicted molar refractivity (Wildman–Crippen MR) is 65.2 cm³/mol. The van der Waals surface area contributed by atoms with Gasteiger partial charge in [-0.25, -0.2) is 9.48 Å². The number of rotatable bonds is 5. The molecule has 0 radical (unpaired) electrons. The molecule has 1 aromatic heterocycles. The number of amides is 1. The van der Waals surface area contributed by atoms with Gasteiger partial charge in [-0.2, -0.15) is 0 Å². The number of methoxy groups -OCH3 is 2. The number of hydrogen-bond acceptors (Lipinski definition) is 6. The van der Waals surface area contributed by atoms with E-state index in [1.807, 2.05) is 0 Å². The van der Waals surface area contributed by atoms with Gasteiger partial charge in [0.15, 0.2) is 5.69 Å². The summed E-state index contributed by atoms with van der Waals surface area (Å²) in [5.74, 6) is -1.36. The van der Waals surface area contributed by atoms with Crippen LogP contribution < -0.4 is 0 Å². The predicted octanol–water partition coefficient (Wildman–Crippen LogP) is -1.15. The summed E-state index contributed by atoms with van der Waals surface area (Å²) in [6, 6.07) is 0. The first-order valence-electron chi connectivity index (χ1n) is 6.02. The van der Waals surface area contributed by atoms with Crippen molar-refractivity contribution in [3.63, 3.8) is 0 Å². The second kappa shape index (κ2) is 5.97. The van der Waals surface area contributed by atoms with Crippen LogP contribution in [0.25, 0.3) is 0 Å². The van der Waals surface area contributed by atoms with E-state index in [9.17, 15) is 9.59 Å². The van der Waals surface area contributed by atoms with Gasteiger partial charge in [-0.05, 0) is 0 Å². The third-order valence-corrected chi connectivity index (χ3v) is 3.23. The van der Waals surface area contributed by atoms with Crippen LogP contribution in [0.2, 0.25) is 0 Å². The van der Waals surface area contributed by atoms with Crippen LogP contribution in [0, 0.1) is 0 Å². The van der Waals surface area contributed by atoms with Crippen LogP contribution in [-0.4, -0.2) is 76.4 Å². The summed E-state index contributed by atoms with van der Waals surface area (Å²) in [6.07, 6.45) is 0.904. The molecule has 0 aromatic carbocycles. The molecule has 2 unspecified atom stereocenters. The lowest BCUT2D eigenvalue weighted by Crippen LogP contribution is -2.33. The minimum atomic E-state index is -1.18. The highest BCUT2D eigenvalue weighted by atomic mass is 16.5. The van der Waals surface area contributed by atoms with Crippen LogP contribution in [0.15, 0.2) is 6.20 Å². The smallest absolute Gasteiger partial charge is 0.358 e. The monoisotopic (exact) mass is 284 g/mol. The van der Waals surface area contributed by atoms with E-state index in [2.05, 4.69) is 10.3 Å². The molecule has 1 amide bonds. The van der Waals surface area contributed by atoms with Crippen molar-refractivity contribution >= 4 is 11.9 Å². The van der Waals surface area contributed by atoms with Gasteiger partial charge in [0.1, 0.15) is 18.8 Å². The molecule has 1 saturated heterocycles. The van der Waals surface area contributed by atoms with E-state index in [4.69, 9.17) is 14.6 Å². The molecule has 2 atom stereocenters. The molecule has 20 heavy (non-hydrogen) atoms. The maximum Gasteiger partial charge on any atom is 0.358 e. The van der Waals surface area contributed by atoms with E-state index in [1.54, 1.807) is 19.1 Å². The molecule has 0 aliphatic carbocycles. The lowest BCUT2D eigenvalue weighted by atomic mass is 10.3. The Morgan fingerprint density at radius 1 is 1.35 bits per heavy atom. The van der Waals surface area contributed by atoms with E-state index in [1.165, 1.54) is 10.9 Å². The number of ether oxygens (including phenoxy) is 2. The number of likely N-dealkylation sites (tertiary alicyclic amines) is 1. The fourth-order valence-electron chi connectivity index (χ4n) is 2.11. The van der Waals surface area contributed by atoms with Crippen molar-refractivity contribution in [1.29, 1.82) is 0 Å². The molecule has 9 heteroatoms. The van der Waals surface area contributed by atoms with Crippen molar-refractivity contribution in [2.24, 2.45) is 0 Å². The largest absolute Gasteiger partial charge is 0.476 e. The third kappa shape index (κ3) is 2.94. The van der Waals surface area contributed by atoms with Crippen LogP contribution >= 0.6 is 0 Å². The van der Waals surface area contributed by atoms with Crippen LogP contribution in [-0.2, 0) is 20.8 Å². The normalized spacial score (nSPS) is 22.2. The Kier molecular flexibility index (Phi) is 4.30. The molecular weight excluding hydrogens is 268 g/mol. The molecule has 1 aromatic rings. The zero-order valence-electron chi connectivity index (χ0n) is 11.2. The highest BCUT2D eigenvalue weighted by Gasteiger charge is 2.35. The zero-order chi connectivity index (χ0) is 14.7. The summed E-state index contributed by atoms with van der Waals surface area (Å²) in [7, 11) is 3.14. The molecule has 0 spiro atoms. The van der Waals surface area contributed by atoms with Gasteiger partial charge in [-0.3, -0.25) is 4.79 Å². The van der Waals surface area contributed by atoms with E-state index in [0.717, 1.165) is 0 Å². The number of hydrogen-bond donors (Lipinski definition) is 1. The quantitative estimate of drug-likeness (QED) is 0.727. The molecule has 1 aliphatic heterocycles. The summed E-state index contributed by atoms with van der Waals surface area (Å²) >= 11 is 0. The zero-order valence-corrected chi connectivity index (χ0v) is 11.2. The van der Waals surface area contributed by atoms with Crippen LogP contribution in [0.1, 0.15) is 10.5 Å². The molecule has 1 aliphatic rings. The van der Waals surface area contributed by atoms with E-state index in [0.29, 0.717) is 13.1 Å². The second-order valence-corrected chi connectivity index (χ2v) is 4.45. The molecule has 0 saturated carbocycles. The summed E-state index contributed by atoms with van der Waals surface area (Å²) in [4.78, 5) is 24.4. The molecular formula is C11H16N4O5. The molecule has 2 heterocycles. The average molecular weight is 284 g/mol. The number of carbonyl (C=O) groups is 2. The van der Waals surface area contributed by atoms with Gasteiger partial charge in [-0.1, -0.05) is 5.21 Å². The van der Waals surface area contributed by atoms with Crippen molar-refractivity contribution in [3.05, 3.63) is 11.9 Å². The fourth-order valence-corrected chi connectivity index (χ4v) is 2.11. The van der Waals surface area contributed by atoms with Gasteiger partial charge >= 0.3 is 5.97 Å². The van der Waals surface area contributed by atoms with Crippen molar-refractivity contribution in [2.45, 2.75) is 18.8 Å². The number of aromatic carboxylic acids is 1. The highest BCUT2D eigenvalue weighted by molar-refractivity contribution is 5.84. The highest BCUT2D eigenvalue weighted by Crippen LogP contribution is 2.16. The number of nitrogens with zero attached hydrogens (tertiary/aromatic N) is 4. The summed E-state index contributed by atoms with van der Waals surface area (Å²) in [5.41, 5.74) is -0.191. The number of carboxylic acids is 1. The van der Waals surface area contributed by atoms with Gasteiger partial charge in [-0.15, -0.1) is 5.10 Å².